The number of nitrogens with zero attached hydrogens (tertiary/aromatic N) is 2. The molecule has 0 N–H and O–H groups in total. The molecule has 142 valence electrons. The number of amides is 1. The number of carbonyl (C=O) groups excluding carboxylic acids is 1. The second-order valence-electron chi connectivity index (χ2n) is 7.36. The Balaban J connectivity index is 1.55. The van der Waals surface area contributed by atoms with Gasteiger partial charge in [0.05, 0.1) is 6.04 Å². The second kappa shape index (κ2) is 8.41. The number of hydrogen-bond acceptors (Lipinski definition) is 2. The molecule has 0 radical (unpaired) electrons. The molecule has 1 aliphatic heterocycles. The molecule has 1 atom stereocenters. The molecule has 0 spiro atoms. The average Bonchev–Trinajstić information content (AvgIpc) is 2.77. The van der Waals surface area contributed by atoms with Crippen molar-refractivity contribution in [2.75, 3.05) is 26.2 Å². The first-order valence-electron chi connectivity index (χ1n) is 9.93. The van der Waals surface area contributed by atoms with E-state index < -0.39 is 0 Å². The van der Waals surface area contributed by atoms with Crippen molar-refractivity contribution >= 4 is 5.91 Å². The Kier molecular flexibility index (Phi) is 5.54. The average molecular weight is 370 g/mol. The monoisotopic (exact) mass is 370 g/mol. The first-order chi connectivity index (χ1) is 13.7. The highest BCUT2D eigenvalue weighted by atomic mass is 16.2. The highest BCUT2D eigenvalue weighted by molar-refractivity contribution is 5.94. The lowest BCUT2D eigenvalue weighted by Gasteiger charge is -2.40. The minimum Gasteiger partial charge on any atom is -0.336 e. The van der Waals surface area contributed by atoms with Gasteiger partial charge in [-0.25, -0.2) is 0 Å². The zero-order valence-corrected chi connectivity index (χ0v) is 16.3. The van der Waals surface area contributed by atoms with Crippen LogP contribution in [0.2, 0.25) is 0 Å². The molecule has 1 aliphatic rings. The summed E-state index contributed by atoms with van der Waals surface area (Å²) in [6.07, 6.45) is 0. The van der Waals surface area contributed by atoms with Crippen molar-refractivity contribution in [3.8, 4) is 0 Å². The third-order valence-corrected chi connectivity index (χ3v) is 5.59. The Morgan fingerprint density at radius 2 is 1.32 bits per heavy atom. The molecule has 4 rings (SSSR count). The maximum absolute atomic E-state index is 12.8. The van der Waals surface area contributed by atoms with Crippen LogP contribution in [-0.4, -0.2) is 41.9 Å². The lowest BCUT2D eigenvalue weighted by molar-refractivity contribution is 0.0597. The fourth-order valence-corrected chi connectivity index (χ4v) is 4.06. The Morgan fingerprint density at radius 3 is 1.96 bits per heavy atom. The van der Waals surface area contributed by atoms with Crippen LogP contribution in [0.15, 0.2) is 84.9 Å². The maximum atomic E-state index is 12.8. The number of piperazine rings is 1. The van der Waals surface area contributed by atoms with E-state index >= 15 is 0 Å². The predicted molar refractivity (Wildman–Crippen MR) is 113 cm³/mol. The largest absolute Gasteiger partial charge is 0.336 e. The van der Waals surface area contributed by atoms with E-state index in [0.29, 0.717) is 0 Å². The van der Waals surface area contributed by atoms with Gasteiger partial charge in [-0.1, -0.05) is 72.8 Å². The van der Waals surface area contributed by atoms with Crippen LogP contribution in [0.3, 0.4) is 0 Å². The summed E-state index contributed by atoms with van der Waals surface area (Å²) in [6.45, 7) is 5.42. The van der Waals surface area contributed by atoms with Crippen molar-refractivity contribution in [1.82, 2.24) is 9.80 Å². The van der Waals surface area contributed by atoms with Crippen LogP contribution in [0.4, 0.5) is 0 Å². The fourth-order valence-electron chi connectivity index (χ4n) is 4.06. The standard InChI is InChI=1S/C25H26N2O/c1-20-10-8-9-15-23(20)24(21-11-4-2-5-12-21)26-16-18-27(19-17-26)25(28)22-13-6-3-7-14-22/h2-15,24H,16-19H2,1H3. The van der Waals surface area contributed by atoms with E-state index in [0.717, 1.165) is 31.7 Å². The van der Waals surface area contributed by atoms with Crippen LogP contribution in [0.5, 0.6) is 0 Å². The van der Waals surface area contributed by atoms with Crippen molar-refractivity contribution in [2.45, 2.75) is 13.0 Å². The lowest BCUT2D eigenvalue weighted by Crippen LogP contribution is -2.50. The van der Waals surface area contributed by atoms with Gasteiger partial charge in [-0.2, -0.15) is 0 Å². The zero-order chi connectivity index (χ0) is 19.3. The smallest absolute Gasteiger partial charge is 0.253 e. The summed E-state index contributed by atoms with van der Waals surface area (Å²) < 4.78 is 0. The summed E-state index contributed by atoms with van der Waals surface area (Å²) in [5, 5.41) is 0. The van der Waals surface area contributed by atoms with E-state index in [1.54, 1.807) is 0 Å². The van der Waals surface area contributed by atoms with Gasteiger partial charge < -0.3 is 4.90 Å². The Hall–Kier alpha value is -2.91. The van der Waals surface area contributed by atoms with Crippen molar-refractivity contribution in [3.63, 3.8) is 0 Å². The first kappa shape index (κ1) is 18.5. The molecule has 1 fully saturated rings. The quantitative estimate of drug-likeness (QED) is 0.673. The molecule has 0 saturated carbocycles. The van der Waals surface area contributed by atoms with Gasteiger partial charge in [-0.15, -0.1) is 0 Å². The van der Waals surface area contributed by atoms with E-state index in [-0.39, 0.29) is 11.9 Å². The van der Waals surface area contributed by atoms with Crippen LogP contribution in [-0.2, 0) is 0 Å². The van der Waals surface area contributed by atoms with Crippen molar-refractivity contribution in [2.24, 2.45) is 0 Å². The molecule has 1 heterocycles. The summed E-state index contributed by atoms with van der Waals surface area (Å²) in [5.74, 6) is 0.132. The molecule has 0 aliphatic carbocycles. The fraction of sp³-hybridized carbons (Fsp3) is 0.240. The summed E-state index contributed by atoms with van der Waals surface area (Å²) in [4.78, 5) is 17.3. The van der Waals surface area contributed by atoms with Gasteiger partial charge in [-0.3, -0.25) is 9.69 Å². The number of hydrogen-bond donors (Lipinski definition) is 0. The Morgan fingerprint density at radius 1 is 0.750 bits per heavy atom. The minimum atomic E-state index is 0.132. The summed E-state index contributed by atoms with van der Waals surface area (Å²) in [6, 6.07) is 29.1. The van der Waals surface area contributed by atoms with Gasteiger partial charge in [0.1, 0.15) is 0 Å². The highest BCUT2D eigenvalue weighted by Gasteiger charge is 2.29. The zero-order valence-electron chi connectivity index (χ0n) is 16.3. The third-order valence-electron chi connectivity index (χ3n) is 5.59. The van der Waals surface area contributed by atoms with Gasteiger partial charge in [0, 0.05) is 31.7 Å². The predicted octanol–water partition coefficient (Wildman–Crippen LogP) is 4.54. The molecule has 1 saturated heterocycles. The molecule has 0 bridgehead atoms. The van der Waals surface area contributed by atoms with E-state index in [1.165, 1.54) is 16.7 Å². The van der Waals surface area contributed by atoms with Crippen LogP contribution >= 0.6 is 0 Å². The number of rotatable bonds is 4. The number of aryl methyl sites for hydroxylation is 1. The van der Waals surface area contributed by atoms with Gasteiger partial charge in [0.2, 0.25) is 0 Å². The normalized spacial score (nSPS) is 16.0. The summed E-state index contributed by atoms with van der Waals surface area (Å²) in [7, 11) is 0. The number of carbonyl (C=O) groups is 1. The van der Waals surface area contributed by atoms with Crippen LogP contribution in [0.25, 0.3) is 0 Å². The van der Waals surface area contributed by atoms with E-state index in [4.69, 9.17) is 0 Å². The van der Waals surface area contributed by atoms with E-state index in [2.05, 4.69) is 66.4 Å². The van der Waals surface area contributed by atoms with Crippen LogP contribution in [0, 0.1) is 6.92 Å². The summed E-state index contributed by atoms with van der Waals surface area (Å²) >= 11 is 0. The second-order valence-corrected chi connectivity index (χ2v) is 7.36. The third kappa shape index (κ3) is 3.85. The molecule has 3 aromatic carbocycles. The van der Waals surface area contributed by atoms with Gasteiger partial charge in [0.15, 0.2) is 0 Å². The molecule has 1 unspecified atom stereocenters. The van der Waals surface area contributed by atoms with Gasteiger partial charge in [0.25, 0.3) is 5.91 Å². The lowest BCUT2D eigenvalue weighted by atomic mass is 9.93. The first-order valence-corrected chi connectivity index (χ1v) is 9.93. The minimum absolute atomic E-state index is 0.132. The SMILES string of the molecule is Cc1ccccc1C(c1ccccc1)N1CCN(C(=O)c2ccccc2)CC1. The van der Waals surface area contributed by atoms with Crippen LogP contribution in [0.1, 0.15) is 33.1 Å². The highest BCUT2D eigenvalue weighted by Crippen LogP contribution is 2.31. The Bertz CT molecular complexity index is 916. The van der Waals surface area contributed by atoms with E-state index in [9.17, 15) is 4.79 Å². The van der Waals surface area contributed by atoms with Crippen LogP contribution < -0.4 is 0 Å². The molecular weight excluding hydrogens is 344 g/mol. The maximum Gasteiger partial charge on any atom is 0.253 e. The molecule has 3 nitrogen and oxygen atoms in total. The molecule has 1 amide bonds. The molecule has 3 aromatic rings. The van der Waals surface area contributed by atoms with Crippen molar-refractivity contribution in [1.29, 1.82) is 0 Å². The Labute approximate surface area is 167 Å². The van der Waals surface area contributed by atoms with Gasteiger partial charge in [-0.05, 0) is 35.7 Å². The van der Waals surface area contributed by atoms with Gasteiger partial charge >= 0.3 is 0 Å². The molecule has 3 heteroatoms. The summed E-state index contributed by atoms with van der Waals surface area (Å²) in [5.41, 5.74) is 4.73. The van der Waals surface area contributed by atoms with Crippen molar-refractivity contribution in [3.05, 3.63) is 107 Å². The van der Waals surface area contributed by atoms with E-state index in [1.807, 2.05) is 35.2 Å². The molecule has 28 heavy (non-hydrogen) atoms. The molecular formula is C25H26N2O. The topological polar surface area (TPSA) is 23.6 Å². The van der Waals surface area contributed by atoms with Crippen molar-refractivity contribution < 1.29 is 4.79 Å². The molecule has 0 aromatic heterocycles. The number of benzene rings is 3.